The van der Waals surface area contributed by atoms with E-state index in [0.717, 1.165) is 45.7 Å². The molecule has 0 N–H and O–H groups in total. The van der Waals surface area contributed by atoms with E-state index in [-0.39, 0.29) is 6.04 Å². The van der Waals surface area contributed by atoms with E-state index in [4.69, 9.17) is 10.3 Å². The van der Waals surface area contributed by atoms with Gasteiger partial charge in [0.15, 0.2) is 0 Å². The van der Waals surface area contributed by atoms with Crippen LogP contribution in [0.4, 0.5) is 11.4 Å². The first-order valence-corrected chi connectivity index (χ1v) is 20.4. The van der Waals surface area contributed by atoms with Crippen LogP contribution in [0.5, 0.6) is 0 Å². The number of hydrogen-bond donors (Lipinski definition) is 0. The molecule has 0 saturated heterocycles. The maximum Gasteiger partial charge on any atom is 0.0653 e. The number of aliphatic imine (C=N–C) groups is 2. The fraction of sp³-hybridized carbons (Fsp3) is 0.0741. The zero-order chi connectivity index (χ0) is 38.9. The SMILES string of the molecule is C1=NCC=C1C1=NC(c2ccccc2)=C(c2ccccc2)[N-]C1n1c2c(c3ccc(-c4ccccc4)cc31)C=C1c3c(ccc4ccccc34)N(c3ccccc3)C1C2. The average Bonchev–Trinajstić information content (AvgIpc) is 4.04. The van der Waals surface area contributed by atoms with E-state index in [1.807, 2.05) is 6.21 Å². The molecule has 280 valence electrons. The zero-order valence-corrected chi connectivity index (χ0v) is 32.3. The van der Waals surface area contributed by atoms with Gasteiger partial charge in [0.2, 0.25) is 0 Å². The van der Waals surface area contributed by atoms with Gasteiger partial charge >= 0.3 is 0 Å². The van der Waals surface area contributed by atoms with Crippen molar-refractivity contribution < 1.29 is 0 Å². The molecular formula is C54H38N5-. The summed E-state index contributed by atoms with van der Waals surface area (Å²) < 4.78 is 2.52. The third-order valence-corrected chi connectivity index (χ3v) is 12.3. The predicted molar refractivity (Wildman–Crippen MR) is 246 cm³/mol. The van der Waals surface area contributed by atoms with Crippen LogP contribution in [0.15, 0.2) is 198 Å². The Morgan fingerprint density at radius 1 is 0.610 bits per heavy atom. The van der Waals surface area contributed by atoms with Crippen molar-refractivity contribution in [1.29, 1.82) is 0 Å². The minimum atomic E-state index is -0.449. The van der Waals surface area contributed by atoms with Gasteiger partial charge in [-0.1, -0.05) is 158 Å². The van der Waals surface area contributed by atoms with E-state index in [2.05, 4.69) is 203 Å². The van der Waals surface area contributed by atoms with Crippen molar-refractivity contribution >= 4 is 68.0 Å². The Bertz CT molecular complexity index is 3120. The first kappa shape index (κ1) is 33.6. The van der Waals surface area contributed by atoms with E-state index >= 15 is 0 Å². The molecule has 2 atom stereocenters. The van der Waals surface area contributed by atoms with Gasteiger partial charge in [0.05, 0.1) is 24.0 Å². The largest absolute Gasteiger partial charge is 0.658 e. The van der Waals surface area contributed by atoms with Gasteiger partial charge in [-0.15, -0.1) is 5.70 Å². The summed E-state index contributed by atoms with van der Waals surface area (Å²) in [5.41, 5.74) is 16.9. The third kappa shape index (κ3) is 5.39. The Balaban J connectivity index is 1.14. The van der Waals surface area contributed by atoms with Crippen molar-refractivity contribution in [3.05, 3.63) is 221 Å². The molecule has 12 rings (SSSR count). The second kappa shape index (κ2) is 13.6. The lowest BCUT2D eigenvalue weighted by Gasteiger charge is -2.44. The zero-order valence-electron chi connectivity index (χ0n) is 32.3. The topological polar surface area (TPSA) is 47.0 Å². The minimum Gasteiger partial charge on any atom is -0.658 e. The van der Waals surface area contributed by atoms with Gasteiger partial charge in [-0.2, -0.15) is 0 Å². The summed E-state index contributed by atoms with van der Waals surface area (Å²) in [7, 11) is 0. The molecule has 0 fully saturated rings. The fourth-order valence-electron chi connectivity index (χ4n) is 9.70. The first-order chi connectivity index (χ1) is 29.3. The van der Waals surface area contributed by atoms with Gasteiger partial charge in [-0.25, -0.2) is 0 Å². The molecule has 5 heteroatoms. The van der Waals surface area contributed by atoms with Crippen molar-refractivity contribution in [1.82, 2.24) is 4.57 Å². The van der Waals surface area contributed by atoms with Crippen LogP contribution in [-0.4, -0.2) is 29.1 Å². The second-order valence-electron chi connectivity index (χ2n) is 15.6. The van der Waals surface area contributed by atoms with E-state index < -0.39 is 6.17 Å². The summed E-state index contributed by atoms with van der Waals surface area (Å²) in [5.74, 6) is 0. The highest BCUT2D eigenvalue weighted by atomic mass is 15.2. The number of para-hydroxylation sites is 1. The number of aromatic nitrogens is 1. The standard InChI is InChI=1S/C54H38N5/c1-5-15-35(16-6-1)39-25-27-43-44-32-45-49(58(41-22-11-4-12-23-41)46-28-26-36-17-13-14-24-42(36)50(45)46)33-48(44)59(47(43)31-39)54-53(40-29-30-55-34-40)56-51(37-18-7-2-8-19-37)52(57-54)38-20-9-3-10-21-38/h1-29,31-32,34,49,54H,30,33H2/q-1. The molecule has 1 aromatic heterocycles. The van der Waals surface area contributed by atoms with Crippen LogP contribution in [0.1, 0.15) is 34.1 Å². The minimum absolute atomic E-state index is 0.0719. The van der Waals surface area contributed by atoms with Crippen molar-refractivity contribution in [2.75, 3.05) is 11.4 Å². The smallest absolute Gasteiger partial charge is 0.0653 e. The molecule has 4 aliphatic rings. The summed E-state index contributed by atoms with van der Waals surface area (Å²) in [5, 5.41) is 9.61. The number of benzene rings is 7. The van der Waals surface area contributed by atoms with E-state index in [1.165, 1.54) is 61.1 Å². The van der Waals surface area contributed by atoms with Gasteiger partial charge < -0.3 is 14.8 Å². The molecule has 0 spiro atoms. The van der Waals surface area contributed by atoms with Gasteiger partial charge in [-0.05, 0) is 68.9 Å². The van der Waals surface area contributed by atoms with Crippen molar-refractivity contribution in [2.24, 2.45) is 9.98 Å². The van der Waals surface area contributed by atoms with Gasteiger partial charge in [0.25, 0.3) is 0 Å². The van der Waals surface area contributed by atoms with Crippen molar-refractivity contribution in [2.45, 2.75) is 18.6 Å². The molecule has 3 aliphatic heterocycles. The molecule has 8 aromatic rings. The lowest BCUT2D eigenvalue weighted by Crippen LogP contribution is -2.33. The van der Waals surface area contributed by atoms with Crippen LogP contribution in [0.2, 0.25) is 0 Å². The molecule has 7 aromatic carbocycles. The van der Waals surface area contributed by atoms with Crippen LogP contribution in [0.25, 0.3) is 61.2 Å². The molecule has 59 heavy (non-hydrogen) atoms. The van der Waals surface area contributed by atoms with Crippen LogP contribution >= 0.6 is 0 Å². The molecular weight excluding hydrogens is 719 g/mol. The highest BCUT2D eigenvalue weighted by molar-refractivity contribution is 6.24. The molecule has 0 saturated carbocycles. The van der Waals surface area contributed by atoms with E-state index in [1.54, 1.807) is 0 Å². The lowest BCUT2D eigenvalue weighted by atomic mass is 9.87. The highest BCUT2D eigenvalue weighted by Crippen LogP contribution is 2.54. The van der Waals surface area contributed by atoms with E-state index in [0.29, 0.717) is 6.54 Å². The molecule has 5 nitrogen and oxygen atoms in total. The number of fused-ring (bicyclic) bond motifs is 8. The lowest BCUT2D eigenvalue weighted by molar-refractivity contribution is 0.681. The molecule has 0 radical (unpaired) electrons. The number of anilines is 2. The third-order valence-electron chi connectivity index (χ3n) is 12.3. The Morgan fingerprint density at radius 3 is 2.05 bits per heavy atom. The van der Waals surface area contributed by atoms with Crippen LogP contribution in [0.3, 0.4) is 0 Å². The molecule has 0 bridgehead atoms. The van der Waals surface area contributed by atoms with Crippen LogP contribution in [0, 0.1) is 0 Å². The number of nitrogens with zero attached hydrogens (tertiary/aromatic N) is 5. The summed E-state index contributed by atoms with van der Waals surface area (Å²) in [6, 6.07) is 63.1. The van der Waals surface area contributed by atoms with Crippen LogP contribution < -0.4 is 4.90 Å². The quantitative estimate of drug-likeness (QED) is 0.167. The normalized spacial score (nSPS) is 18.0. The molecule has 0 amide bonds. The molecule has 1 aliphatic carbocycles. The highest BCUT2D eigenvalue weighted by Gasteiger charge is 2.41. The maximum atomic E-state index is 5.86. The second-order valence-corrected chi connectivity index (χ2v) is 15.6. The summed E-state index contributed by atoms with van der Waals surface area (Å²) >= 11 is 0. The van der Waals surface area contributed by atoms with E-state index in [9.17, 15) is 0 Å². The predicted octanol–water partition coefficient (Wildman–Crippen LogP) is 12.9. The Morgan fingerprint density at radius 2 is 1.31 bits per heavy atom. The average molecular weight is 757 g/mol. The van der Waals surface area contributed by atoms with Gasteiger partial charge in [0, 0.05) is 63.5 Å². The Hall–Kier alpha value is -7.50. The fourth-order valence-corrected chi connectivity index (χ4v) is 9.70. The number of hydrogen-bond acceptors (Lipinski definition) is 3. The van der Waals surface area contributed by atoms with Crippen molar-refractivity contribution in [3.8, 4) is 11.1 Å². The molecule has 4 heterocycles. The number of rotatable bonds is 6. The van der Waals surface area contributed by atoms with Gasteiger partial charge in [0.1, 0.15) is 0 Å². The Labute approximate surface area is 343 Å². The van der Waals surface area contributed by atoms with Gasteiger partial charge in [-0.3, -0.25) is 9.98 Å². The summed E-state index contributed by atoms with van der Waals surface area (Å²) in [6.07, 6.45) is 7.02. The Kier molecular flexibility index (Phi) is 7.73. The first-order valence-electron chi connectivity index (χ1n) is 20.4. The maximum absolute atomic E-state index is 5.86. The molecule has 2 unspecified atom stereocenters. The van der Waals surface area contributed by atoms with Crippen molar-refractivity contribution in [3.63, 3.8) is 0 Å². The van der Waals surface area contributed by atoms with Crippen LogP contribution in [-0.2, 0) is 6.42 Å². The summed E-state index contributed by atoms with van der Waals surface area (Å²) in [6.45, 7) is 0.631. The monoisotopic (exact) mass is 756 g/mol. The summed E-state index contributed by atoms with van der Waals surface area (Å²) in [4.78, 5) is 12.9.